The lowest BCUT2D eigenvalue weighted by atomic mass is 9.98. The molecule has 2 rings (SSSR count). The third kappa shape index (κ3) is 3.20. The molecule has 100 valence electrons. The summed E-state index contributed by atoms with van der Waals surface area (Å²) in [5.74, 6) is 0.534. The van der Waals surface area contributed by atoms with E-state index in [4.69, 9.17) is 0 Å². The SMILES string of the molecule is CC(C)N(CC1CCNCC1)S(=O)(=O)C1CC1. The normalized spacial score (nSPS) is 23.5. The Kier molecular flexibility index (Phi) is 4.10. The summed E-state index contributed by atoms with van der Waals surface area (Å²) in [6.07, 6.45) is 3.92. The van der Waals surface area contributed by atoms with Crippen molar-refractivity contribution in [2.75, 3.05) is 19.6 Å². The molecule has 4 nitrogen and oxygen atoms in total. The minimum atomic E-state index is -3.01. The number of nitrogens with zero attached hydrogens (tertiary/aromatic N) is 1. The van der Waals surface area contributed by atoms with Crippen LogP contribution in [0.5, 0.6) is 0 Å². The van der Waals surface area contributed by atoms with Crippen molar-refractivity contribution in [3.05, 3.63) is 0 Å². The Morgan fingerprint density at radius 1 is 1.18 bits per heavy atom. The zero-order valence-electron chi connectivity index (χ0n) is 10.9. The van der Waals surface area contributed by atoms with Crippen molar-refractivity contribution in [3.8, 4) is 0 Å². The minimum absolute atomic E-state index is 0.0772. The number of sulfonamides is 1. The molecule has 0 atom stereocenters. The van der Waals surface area contributed by atoms with Gasteiger partial charge in [0.1, 0.15) is 0 Å². The third-order valence-electron chi connectivity index (χ3n) is 3.75. The quantitative estimate of drug-likeness (QED) is 0.808. The molecule has 1 N–H and O–H groups in total. The standard InChI is InChI=1S/C12H24N2O2S/c1-10(2)14(17(15,16)12-3-4-12)9-11-5-7-13-8-6-11/h10-13H,3-9H2,1-2H3. The summed E-state index contributed by atoms with van der Waals surface area (Å²) >= 11 is 0. The van der Waals surface area contributed by atoms with Crippen molar-refractivity contribution < 1.29 is 8.42 Å². The first-order valence-corrected chi connectivity index (χ1v) is 8.23. The number of nitrogens with one attached hydrogen (secondary N) is 1. The Bertz CT molecular complexity index is 344. The first-order valence-electron chi connectivity index (χ1n) is 6.73. The van der Waals surface area contributed by atoms with E-state index in [0.29, 0.717) is 5.92 Å². The fourth-order valence-electron chi connectivity index (χ4n) is 2.48. The Morgan fingerprint density at radius 2 is 1.76 bits per heavy atom. The highest BCUT2D eigenvalue weighted by Gasteiger charge is 2.41. The zero-order chi connectivity index (χ0) is 12.5. The Hall–Kier alpha value is -0.130. The Morgan fingerprint density at radius 3 is 2.24 bits per heavy atom. The summed E-state index contributed by atoms with van der Waals surface area (Å²) in [5, 5.41) is 3.25. The average molecular weight is 260 g/mol. The van der Waals surface area contributed by atoms with Gasteiger partial charge in [-0.3, -0.25) is 0 Å². The van der Waals surface area contributed by atoms with Crippen molar-refractivity contribution in [1.29, 1.82) is 0 Å². The van der Waals surface area contributed by atoms with E-state index >= 15 is 0 Å². The fraction of sp³-hybridized carbons (Fsp3) is 1.00. The molecule has 1 saturated heterocycles. The van der Waals surface area contributed by atoms with E-state index < -0.39 is 10.0 Å². The van der Waals surface area contributed by atoms with Crippen molar-refractivity contribution in [3.63, 3.8) is 0 Å². The van der Waals surface area contributed by atoms with Gasteiger partial charge in [0.25, 0.3) is 0 Å². The highest BCUT2D eigenvalue weighted by Crippen LogP contribution is 2.32. The summed E-state index contributed by atoms with van der Waals surface area (Å²) in [4.78, 5) is 0. The van der Waals surface area contributed by atoms with Crippen LogP contribution in [0, 0.1) is 5.92 Å². The molecule has 1 heterocycles. The second-order valence-electron chi connectivity index (χ2n) is 5.60. The predicted molar refractivity (Wildman–Crippen MR) is 69.4 cm³/mol. The van der Waals surface area contributed by atoms with Gasteiger partial charge >= 0.3 is 0 Å². The maximum atomic E-state index is 12.3. The molecule has 0 aromatic rings. The van der Waals surface area contributed by atoms with Crippen LogP contribution in [0.25, 0.3) is 0 Å². The summed E-state index contributed by atoms with van der Waals surface area (Å²) in [6.45, 7) is 6.75. The first kappa shape index (κ1) is 13.3. The number of piperidine rings is 1. The molecule has 0 aromatic heterocycles. The monoisotopic (exact) mass is 260 g/mol. The number of hydrogen-bond acceptors (Lipinski definition) is 3. The van der Waals surface area contributed by atoms with Gasteiger partial charge < -0.3 is 5.32 Å². The number of rotatable bonds is 5. The molecule has 0 amide bonds. The van der Waals surface area contributed by atoms with Gasteiger partial charge in [0.2, 0.25) is 10.0 Å². The molecule has 0 aromatic carbocycles. The van der Waals surface area contributed by atoms with Crippen LogP contribution >= 0.6 is 0 Å². The maximum Gasteiger partial charge on any atom is 0.217 e. The molecule has 1 saturated carbocycles. The third-order valence-corrected chi connectivity index (χ3v) is 6.28. The summed E-state index contributed by atoms with van der Waals surface area (Å²) in [5.41, 5.74) is 0. The van der Waals surface area contributed by atoms with Gasteiger partial charge in [-0.2, -0.15) is 4.31 Å². The molecular formula is C12H24N2O2S. The van der Waals surface area contributed by atoms with Crippen LogP contribution in [0.3, 0.4) is 0 Å². The molecule has 1 aliphatic carbocycles. The minimum Gasteiger partial charge on any atom is -0.317 e. The smallest absolute Gasteiger partial charge is 0.217 e. The van der Waals surface area contributed by atoms with E-state index in [0.717, 1.165) is 45.3 Å². The van der Waals surface area contributed by atoms with Crippen molar-refractivity contribution in [2.45, 2.75) is 50.8 Å². The highest BCUT2D eigenvalue weighted by molar-refractivity contribution is 7.90. The molecular weight excluding hydrogens is 236 g/mol. The molecule has 2 aliphatic rings. The van der Waals surface area contributed by atoms with Crippen molar-refractivity contribution in [1.82, 2.24) is 9.62 Å². The van der Waals surface area contributed by atoms with Crippen LogP contribution in [-0.4, -0.2) is 43.6 Å². The first-order chi connectivity index (χ1) is 8.01. The van der Waals surface area contributed by atoms with Gasteiger partial charge in [0.15, 0.2) is 0 Å². The van der Waals surface area contributed by atoms with Gasteiger partial charge in [-0.25, -0.2) is 8.42 Å². The molecule has 1 aliphatic heterocycles. The van der Waals surface area contributed by atoms with Crippen LogP contribution in [0.15, 0.2) is 0 Å². The van der Waals surface area contributed by atoms with Crippen LogP contribution in [0.2, 0.25) is 0 Å². The second-order valence-corrected chi connectivity index (χ2v) is 7.77. The second kappa shape index (κ2) is 5.24. The van der Waals surface area contributed by atoms with Crippen LogP contribution in [0.4, 0.5) is 0 Å². The van der Waals surface area contributed by atoms with E-state index in [1.165, 1.54) is 0 Å². The number of hydrogen-bond donors (Lipinski definition) is 1. The lowest BCUT2D eigenvalue weighted by Crippen LogP contribution is -2.44. The molecule has 2 fully saturated rings. The van der Waals surface area contributed by atoms with Gasteiger partial charge in [-0.1, -0.05) is 0 Å². The van der Waals surface area contributed by atoms with Gasteiger partial charge in [0.05, 0.1) is 5.25 Å². The fourth-order valence-corrected chi connectivity index (χ4v) is 4.61. The van der Waals surface area contributed by atoms with Gasteiger partial charge in [-0.05, 0) is 58.5 Å². The lowest BCUT2D eigenvalue weighted by Gasteiger charge is -2.32. The Balaban J connectivity index is 2.01. The topological polar surface area (TPSA) is 49.4 Å². The maximum absolute atomic E-state index is 12.3. The molecule has 5 heteroatoms. The lowest BCUT2D eigenvalue weighted by molar-refractivity contribution is 0.260. The van der Waals surface area contributed by atoms with E-state index in [2.05, 4.69) is 5.32 Å². The van der Waals surface area contributed by atoms with E-state index in [9.17, 15) is 8.42 Å². The predicted octanol–water partition coefficient (Wildman–Crippen LogP) is 1.19. The van der Waals surface area contributed by atoms with E-state index in [1.54, 1.807) is 4.31 Å². The molecule has 0 unspecified atom stereocenters. The van der Waals surface area contributed by atoms with E-state index in [-0.39, 0.29) is 11.3 Å². The molecule has 0 spiro atoms. The van der Waals surface area contributed by atoms with Gasteiger partial charge in [0, 0.05) is 12.6 Å². The van der Waals surface area contributed by atoms with E-state index in [1.807, 2.05) is 13.8 Å². The summed E-state index contributed by atoms with van der Waals surface area (Å²) < 4.78 is 26.4. The van der Waals surface area contributed by atoms with Crippen LogP contribution in [-0.2, 0) is 10.0 Å². The van der Waals surface area contributed by atoms with Gasteiger partial charge in [-0.15, -0.1) is 0 Å². The largest absolute Gasteiger partial charge is 0.317 e. The van der Waals surface area contributed by atoms with Crippen LogP contribution in [0.1, 0.15) is 39.5 Å². The average Bonchev–Trinajstić information content (AvgIpc) is 3.10. The summed E-state index contributed by atoms with van der Waals surface area (Å²) in [6, 6.07) is 0.0930. The van der Waals surface area contributed by atoms with Crippen LogP contribution < -0.4 is 5.32 Å². The zero-order valence-corrected chi connectivity index (χ0v) is 11.7. The summed E-state index contributed by atoms with van der Waals surface area (Å²) in [7, 11) is -3.01. The highest BCUT2D eigenvalue weighted by atomic mass is 32.2. The molecule has 17 heavy (non-hydrogen) atoms. The van der Waals surface area contributed by atoms with Crippen molar-refractivity contribution in [2.24, 2.45) is 5.92 Å². The molecule has 0 radical (unpaired) electrons. The molecule has 0 bridgehead atoms. The Labute approximate surface area is 105 Å². The van der Waals surface area contributed by atoms with Crippen molar-refractivity contribution >= 4 is 10.0 Å².